The van der Waals surface area contributed by atoms with Gasteiger partial charge >= 0.3 is 6.03 Å². The minimum atomic E-state index is 0.199. The second-order valence-corrected chi connectivity index (χ2v) is 7.18. The Kier molecular flexibility index (Phi) is 4.72. The minimum absolute atomic E-state index is 0.199. The molecule has 0 aromatic heterocycles. The number of likely N-dealkylation sites (tertiary alicyclic amines) is 1. The van der Waals surface area contributed by atoms with Crippen LogP contribution in [0.2, 0.25) is 0 Å². The molecular formula is C19H27N3O2. The van der Waals surface area contributed by atoms with E-state index in [1.165, 1.54) is 11.1 Å². The van der Waals surface area contributed by atoms with E-state index in [9.17, 15) is 4.79 Å². The van der Waals surface area contributed by atoms with Gasteiger partial charge in [-0.15, -0.1) is 0 Å². The molecule has 2 aliphatic heterocycles. The fraction of sp³-hybridized carbons (Fsp3) is 0.632. The average Bonchev–Trinajstić information content (AvgIpc) is 3.05. The van der Waals surface area contributed by atoms with E-state index in [4.69, 9.17) is 4.74 Å². The van der Waals surface area contributed by atoms with Crippen molar-refractivity contribution in [3.05, 3.63) is 35.4 Å². The van der Waals surface area contributed by atoms with Crippen molar-refractivity contribution in [2.24, 2.45) is 0 Å². The van der Waals surface area contributed by atoms with Crippen LogP contribution in [-0.4, -0.2) is 67.3 Å². The molecule has 1 N–H and O–H groups in total. The Labute approximate surface area is 144 Å². The summed E-state index contributed by atoms with van der Waals surface area (Å²) in [5.41, 5.74) is 2.99. The third-order valence-electron chi connectivity index (χ3n) is 5.57. The molecule has 0 spiro atoms. The maximum Gasteiger partial charge on any atom is 0.320 e. The van der Waals surface area contributed by atoms with Crippen molar-refractivity contribution < 1.29 is 9.53 Å². The van der Waals surface area contributed by atoms with Crippen molar-refractivity contribution in [2.45, 2.75) is 37.8 Å². The average molecular weight is 329 g/mol. The maximum atomic E-state index is 12.5. The van der Waals surface area contributed by atoms with Gasteiger partial charge in [0, 0.05) is 38.3 Å². The fourth-order valence-electron chi connectivity index (χ4n) is 4.20. The summed E-state index contributed by atoms with van der Waals surface area (Å²) in [6, 6.07) is 10.1. The molecule has 0 bridgehead atoms. The Balaban J connectivity index is 1.24. The van der Waals surface area contributed by atoms with E-state index in [2.05, 4.69) is 29.6 Å². The van der Waals surface area contributed by atoms with E-state index in [-0.39, 0.29) is 6.03 Å². The zero-order valence-electron chi connectivity index (χ0n) is 14.2. The molecule has 2 heterocycles. The summed E-state index contributed by atoms with van der Waals surface area (Å²) in [5.74, 6) is 0. The Morgan fingerprint density at radius 1 is 0.917 bits per heavy atom. The number of ether oxygens (including phenoxy) is 1. The largest absolute Gasteiger partial charge is 0.378 e. The van der Waals surface area contributed by atoms with Crippen LogP contribution < -0.4 is 5.32 Å². The first-order valence-electron chi connectivity index (χ1n) is 9.24. The van der Waals surface area contributed by atoms with Crippen LogP contribution >= 0.6 is 0 Å². The van der Waals surface area contributed by atoms with Crippen molar-refractivity contribution in [3.8, 4) is 0 Å². The lowest BCUT2D eigenvalue weighted by molar-refractivity contribution is 0.0406. The number of morpholine rings is 1. The number of nitrogens with one attached hydrogen (secondary N) is 1. The van der Waals surface area contributed by atoms with Gasteiger partial charge < -0.3 is 19.9 Å². The molecule has 0 atom stereocenters. The van der Waals surface area contributed by atoms with E-state index in [0.717, 1.165) is 51.9 Å². The summed E-state index contributed by atoms with van der Waals surface area (Å²) in [7, 11) is 0. The summed E-state index contributed by atoms with van der Waals surface area (Å²) in [6.07, 6.45) is 4.40. The molecule has 2 fully saturated rings. The molecule has 0 saturated carbocycles. The van der Waals surface area contributed by atoms with Gasteiger partial charge in [-0.25, -0.2) is 4.79 Å². The lowest BCUT2D eigenvalue weighted by Gasteiger charge is -2.38. The van der Waals surface area contributed by atoms with Crippen LogP contribution in [0.4, 0.5) is 4.79 Å². The van der Waals surface area contributed by atoms with Crippen molar-refractivity contribution in [1.29, 1.82) is 0 Å². The summed E-state index contributed by atoms with van der Waals surface area (Å²) < 4.78 is 5.33. The van der Waals surface area contributed by atoms with Gasteiger partial charge in [0.1, 0.15) is 0 Å². The number of fused-ring (bicyclic) bond motifs is 1. The van der Waals surface area contributed by atoms with Crippen molar-refractivity contribution in [2.75, 3.05) is 39.4 Å². The second kappa shape index (κ2) is 7.11. The highest BCUT2D eigenvalue weighted by Crippen LogP contribution is 2.23. The Morgan fingerprint density at radius 2 is 1.50 bits per heavy atom. The molecular weight excluding hydrogens is 302 g/mol. The van der Waals surface area contributed by atoms with Gasteiger partial charge in [-0.1, -0.05) is 24.3 Å². The summed E-state index contributed by atoms with van der Waals surface area (Å²) >= 11 is 0. The molecule has 2 amide bonds. The highest BCUT2D eigenvalue weighted by atomic mass is 16.5. The Bertz CT molecular complexity index is 553. The normalized spacial score (nSPS) is 22.7. The molecule has 0 radical (unpaired) electrons. The quantitative estimate of drug-likeness (QED) is 0.897. The summed E-state index contributed by atoms with van der Waals surface area (Å²) in [5, 5.41) is 3.83. The topological polar surface area (TPSA) is 44.8 Å². The van der Waals surface area contributed by atoms with E-state index in [1.807, 2.05) is 9.80 Å². The molecule has 1 aliphatic carbocycles. The molecule has 1 aromatic rings. The number of carbonyl (C=O) groups is 1. The van der Waals surface area contributed by atoms with Gasteiger partial charge in [0.25, 0.3) is 0 Å². The van der Waals surface area contributed by atoms with Crippen molar-refractivity contribution in [1.82, 2.24) is 15.1 Å². The highest BCUT2D eigenvalue weighted by molar-refractivity contribution is 5.74. The minimum Gasteiger partial charge on any atom is -0.378 e. The first-order chi connectivity index (χ1) is 11.8. The van der Waals surface area contributed by atoms with Gasteiger partial charge in [0.05, 0.1) is 13.2 Å². The molecule has 3 aliphatic rings. The lowest BCUT2D eigenvalue weighted by Crippen LogP contribution is -2.53. The number of amides is 2. The van der Waals surface area contributed by atoms with E-state index in [1.54, 1.807) is 0 Å². The SMILES string of the molecule is O=C(N1CCOCC1)N1CCC(NC2Cc3ccccc3C2)CC1. The van der Waals surface area contributed by atoms with Crippen LogP contribution in [0.5, 0.6) is 0 Å². The molecule has 5 heteroatoms. The first kappa shape index (κ1) is 15.9. The number of piperidine rings is 1. The molecule has 1 aromatic carbocycles. The number of hydrogen-bond acceptors (Lipinski definition) is 3. The lowest BCUT2D eigenvalue weighted by atomic mass is 10.0. The smallest absolute Gasteiger partial charge is 0.320 e. The summed E-state index contributed by atoms with van der Waals surface area (Å²) in [4.78, 5) is 16.5. The molecule has 0 unspecified atom stereocenters. The number of rotatable bonds is 2. The molecule has 5 nitrogen and oxygen atoms in total. The zero-order chi connectivity index (χ0) is 16.4. The van der Waals surface area contributed by atoms with E-state index < -0.39 is 0 Å². The third kappa shape index (κ3) is 3.42. The van der Waals surface area contributed by atoms with Crippen LogP contribution in [0, 0.1) is 0 Å². The fourth-order valence-corrected chi connectivity index (χ4v) is 4.20. The Morgan fingerprint density at radius 3 is 2.12 bits per heavy atom. The van der Waals surface area contributed by atoms with Gasteiger partial charge in [0.15, 0.2) is 0 Å². The Hall–Kier alpha value is -1.59. The number of urea groups is 1. The van der Waals surface area contributed by atoms with Crippen LogP contribution in [0.3, 0.4) is 0 Å². The monoisotopic (exact) mass is 329 g/mol. The molecule has 2 saturated heterocycles. The summed E-state index contributed by atoms with van der Waals surface area (Å²) in [6.45, 7) is 4.55. The van der Waals surface area contributed by atoms with Crippen molar-refractivity contribution >= 4 is 6.03 Å². The molecule has 4 rings (SSSR count). The van der Waals surface area contributed by atoms with Gasteiger partial charge in [-0.05, 0) is 36.8 Å². The van der Waals surface area contributed by atoms with Crippen LogP contribution in [0.15, 0.2) is 24.3 Å². The van der Waals surface area contributed by atoms with Crippen LogP contribution in [0.1, 0.15) is 24.0 Å². The van der Waals surface area contributed by atoms with Crippen LogP contribution in [0.25, 0.3) is 0 Å². The second-order valence-electron chi connectivity index (χ2n) is 7.18. The standard InChI is InChI=1S/C19H27N3O2/c23-19(22-9-11-24-12-10-22)21-7-5-17(6-8-21)20-18-13-15-3-1-2-4-16(15)14-18/h1-4,17-18,20H,5-14H2. The van der Waals surface area contributed by atoms with Crippen LogP contribution in [-0.2, 0) is 17.6 Å². The zero-order valence-corrected chi connectivity index (χ0v) is 14.2. The number of benzene rings is 1. The first-order valence-corrected chi connectivity index (χ1v) is 9.24. The third-order valence-corrected chi connectivity index (χ3v) is 5.57. The molecule has 130 valence electrons. The predicted molar refractivity (Wildman–Crippen MR) is 93.2 cm³/mol. The number of nitrogens with zero attached hydrogens (tertiary/aromatic N) is 2. The molecule has 24 heavy (non-hydrogen) atoms. The van der Waals surface area contributed by atoms with Gasteiger partial charge in [-0.3, -0.25) is 0 Å². The van der Waals surface area contributed by atoms with Gasteiger partial charge in [0.2, 0.25) is 0 Å². The van der Waals surface area contributed by atoms with Crippen molar-refractivity contribution in [3.63, 3.8) is 0 Å². The maximum absolute atomic E-state index is 12.5. The number of hydrogen-bond donors (Lipinski definition) is 1. The number of carbonyl (C=O) groups excluding carboxylic acids is 1. The van der Waals surface area contributed by atoms with E-state index in [0.29, 0.717) is 25.3 Å². The predicted octanol–water partition coefficient (Wildman–Crippen LogP) is 1.66. The van der Waals surface area contributed by atoms with Gasteiger partial charge in [-0.2, -0.15) is 0 Å². The van der Waals surface area contributed by atoms with E-state index >= 15 is 0 Å². The highest BCUT2D eigenvalue weighted by Gasteiger charge is 2.29.